The van der Waals surface area contributed by atoms with Gasteiger partial charge in [0.25, 0.3) is 0 Å². The quantitative estimate of drug-likeness (QED) is 0.699. The summed E-state index contributed by atoms with van der Waals surface area (Å²) < 4.78 is 0. The van der Waals surface area contributed by atoms with Crippen LogP contribution in [0.2, 0.25) is 0 Å². The zero-order valence-electron chi connectivity index (χ0n) is 10.8. The van der Waals surface area contributed by atoms with Crippen LogP contribution in [0, 0.1) is 5.41 Å². The Bertz CT molecular complexity index is 184. The lowest BCUT2D eigenvalue weighted by Gasteiger charge is -2.34. The minimum absolute atomic E-state index is 0.126. The lowest BCUT2D eigenvalue weighted by Crippen LogP contribution is -2.39. The van der Waals surface area contributed by atoms with E-state index in [1.807, 2.05) is 0 Å². The summed E-state index contributed by atoms with van der Waals surface area (Å²) in [6, 6.07) is 0. The fraction of sp³-hybridized carbons (Fsp3) is 0.846. The van der Waals surface area contributed by atoms with Crippen LogP contribution in [0.5, 0.6) is 0 Å². The molecule has 0 bridgehead atoms. The number of allylic oxidation sites excluding steroid dienone is 1. The Balaban J connectivity index is 4.21. The molecule has 0 spiro atoms. The van der Waals surface area contributed by atoms with Gasteiger partial charge in [0, 0.05) is 16.7 Å². The third-order valence-electron chi connectivity index (χ3n) is 2.50. The SMILES string of the molecule is C=C(NC(C)(C)C)C(C)(C)CCCC. The van der Waals surface area contributed by atoms with Crippen molar-refractivity contribution in [3.05, 3.63) is 12.3 Å². The van der Waals surface area contributed by atoms with Crippen molar-refractivity contribution >= 4 is 0 Å². The first-order valence-electron chi connectivity index (χ1n) is 5.66. The molecule has 0 saturated heterocycles. The second kappa shape index (κ2) is 4.86. The van der Waals surface area contributed by atoms with E-state index in [2.05, 4.69) is 53.4 Å². The van der Waals surface area contributed by atoms with E-state index in [0.29, 0.717) is 0 Å². The summed E-state index contributed by atoms with van der Waals surface area (Å²) in [7, 11) is 0. The summed E-state index contributed by atoms with van der Waals surface area (Å²) in [5.74, 6) is 0. The van der Waals surface area contributed by atoms with Gasteiger partial charge in [-0.1, -0.05) is 40.2 Å². The lowest BCUT2D eigenvalue weighted by molar-refractivity contribution is 0.331. The van der Waals surface area contributed by atoms with Crippen LogP contribution in [0.4, 0.5) is 0 Å². The Morgan fingerprint density at radius 2 is 1.64 bits per heavy atom. The van der Waals surface area contributed by atoms with E-state index in [9.17, 15) is 0 Å². The number of hydrogen-bond acceptors (Lipinski definition) is 1. The average molecular weight is 197 g/mol. The fourth-order valence-electron chi connectivity index (χ4n) is 1.39. The highest BCUT2D eigenvalue weighted by atomic mass is 15.0. The number of nitrogens with one attached hydrogen (secondary N) is 1. The van der Waals surface area contributed by atoms with Crippen LogP contribution in [0.15, 0.2) is 12.3 Å². The van der Waals surface area contributed by atoms with Gasteiger partial charge in [-0.2, -0.15) is 0 Å². The predicted molar refractivity (Wildman–Crippen MR) is 65.3 cm³/mol. The molecule has 0 atom stereocenters. The van der Waals surface area contributed by atoms with Gasteiger partial charge >= 0.3 is 0 Å². The van der Waals surface area contributed by atoms with E-state index < -0.39 is 0 Å². The minimum Gasteiger partial charge on any atom is -0.384 e. The van der Waals surface area contributed by atoms with Gasteiger partial charge in [0.05, 0.1) is 0 Å². The summed E-state index contributed by atoms with van der Waals surface area (Å²) in [5.41, 5.74) is 1.50. The molecule has 0 rings (SSSR count). The minimum atomic E-state index is 0.126. The Morgan fingerprint density at radius 3 is 2.00 bits per heavy atom. The van der Waals surface area contributed by atoms with Crippen molar-refractivity contribution in [3.8, 4) is 0 Å². The largest absolute Gasteiger partial charge is 0.384 e. The summed E-state index contributed by atoms with van der Waals surface area (Å²) in [6.45, 7) is 17.4. The second-order valence-corrected chi connectivity index (χ2v) is 5.84. The number of unbranched alkanes of at least 4 members (excludes halogenated alkanes) is 1. The highest BCUT2D eigenvalue weighted by molar-refractivity contribution is 5.07. The summed E-state index contributed by atoms with van der Waals surface area (Å²) in [4.78, 5) is 0. The van der Waals surface area contributed by atoms with Crippen LogP contribution in [-0.2, 0) is 0 Å². The lowest BCUT2D eigenvalue weighted by atomic mass is 9.83. The van der Waals surface area contributed by atoms with Crippen molar-refractivity contribution in [2.45, 2.75) is 66.3 Å². The van der Waals surface area contributed by atoms with Crippen LogP contribution < -0.4 is 5.32 Å². The first-order valence-corrected chi connectivity index (χ1v) is 5.66. The average Bonchev–Trinajstić information content (AvgIpc) is 1.97. The van der Waals surface area contributed by atoms with E-state index >= 15 is 0 Å². The van der Waals surface area contributed by atoms with Gasteiger partial charge < -0.3 is 5.32 Å². The van der Waals surface area contributed by atoms with Gasteiger partial charge in [-0.05, 0) is 27.2 Å². The van der Waals surface area contributed by atoms with Crippen LogP contribution in [-0.4, -0.2) is 5.54 Å². The Morgan fingerprint density at radius 1 is 1.14 bits per heavy atom. The smallest absolute Gasteiger partial charge is 0.0286 e. The molecule has 84 valence electrons. The zero-order chi connectivity index (χ0) is 11.4. The molecule has 0 aromatic rings. The van der Waals surface area contributed by atoms with Crippen LogP contribution >= 0.6 is 0 Å². The van der Waals surface area contributed by atoms with Gasteiger partial charge in [-0.25, -0.2) is 0 Å². The molecule has 0 aliphatic carbocycles. The van der Waals surface area contributed by atoms with E-state index in [-0.39, 0.29) is 11.0 Å². The monoisotopic (exact) mass is 197 g/mol. The molecule has 1 N–H and O–H groups in total. The molecular weight excluding hydrogens is 170 g/mol. The van der Waals surface area contributed by atoms with Gasteiger partial charge in [0.1, 0.15) is 0 Å². The summed E-state index contributed by atoms with van der Waals surface area (Å²) >= 11 is 0. The molecule has 0 aromatic carbocycles. The predicted octanol–water partition coefficient (Wildman–Crippen LogP) is 4.10. The van der Waals surface area contributed by atoms with Crippen molar-refractivity contribution in [2.75, 3.05) is 0 Å². The van der Waals surface area contributed by atoms with Gasteiger partial charge in [0.2, 0.25) is 0 Å². The molecule has 0 unspecified atom stereocenters. The first-order chi connectivity index (χ1) is 6.19. The van der Waals surface area contributed by atoms with Crippen LogP contribution in [0.1, 0.15) is 60.8 Å². The van der Waals surface area contributed by atoms with E-state index in [4.69, 9.17) is 0 Å². The molecular formula is C13H27N. The Hall–Kier alpha value is -0.460. The molecule has 1 heteroatoms. The first kappa shape index (κ1) is 13.5. The molecule has 0 radical (unpaired) electrons. The van der Waals surface area contributed by atoms with Gasteiger partial charge in [-0.3, -0.25) is 0 Å². The molecule has 0 aromatic heterocycles. The standard InChI is InChI=1S/C13H27N/c1-8-9-10-13(6,7)11(2)14-12(3,4)5/h14H,2,8-10H2,1,3-7H3. The van der Waals surface area contributed by atoms with Gasteiger partial charge in [-0.15, -0.1) is 0 Å². The van der Waals surface area contributed by atoms with E-state index in [1.54, 1.807) is 0 Å². The van der Waals surface area contributed by atoms with Crippen LogP contribution in [0.3, 0.4) is 0 Å². The van der Waals surface area contributed by atoms with Gasteiger partial charge in [0.15, 0.2) is 0 Å². The third-order valence-corrected chi connectivity index (χ3v) is 2.50. The van der Waals surface area contributed by atoms with Crippen molar-refractivity contribution in [2.24, 2.45) is 5.41 Å². The maximum absolute atomic E-state index is 4.15. The number of hydrogen-bond donors (Lipinski definition) is 1. The topological polar surface area (TPSA) is 12.0 Å². The second-order valence-electron chi connectivity index (χ2n) is 5.84. The maximum Gasteiger partial charge on any atom is 0.0286 e. The van der Waals surface area contributed by atoms with Crippen molar-refractivity contribution in [1.82, 2.24) is 5.32 Å². The highest BCUT2D eigenvalue weighted by Gasteiger charge is 2.23. The molecule has 0 heterocycles. The summed E-state index contributed by atoms with van der Waals surface area (Å²) in [5, 5.41) is 3.47. The Kier molecular flexibility index (Phi) is 4.70. The van der Waals surface area contributed by atoms with Crippen LogP contribution in [0.25, 0.3) is 0 Å². The van der Waals surface area contributed by atoms with Crippen molar-refractivity contribution < 1.29 is 0 Å². The Labute approximate surface area is 90.0 Å². The zero-order valence-corrected chi connectivity index (χ0v) is 10.8. The highest BCUT2D eigenvalue weighted by Crippen LogP contribution is 2.30. The maximum atomic E-state index is 4.15. The molecule has 1 nitrogen and oxygen atoms in total. The molecule has 14 heavy (non-hydrogen) atoms. The molecule has 0 fully saturated rings. The molecule has 0 aliphatic rings. The summed E-state index contributed by atoms with van der Waals surface area (Å²) in [6.07, 6.45) is 3.75. The molecule has 0 saturated carbocycles. The van der Waals surface area contributed by atoms with E-state index in [1.165, 1.54) is 25.0 Å². The fourth-order valence-corrected chi connectivity index (χ4v) is 1.39. The number of rotatable bonds is 5. The third kappa shape index (κ3) is 5.31. The van der Waals surface area contributed by atoms with E-state index in [0.717, 1.165) is 0 Å². The normalized spacial score (nSPS) is 12.7. The van der Waals surface area contributed by atoms with Crippen molar-refractivity contribution in [1.29, 1.82) is 0 Å². The molecule has 0 amide bonds. The van der Waals surface area contributed by atoms with Crippen molar-refractivity contribution in [3.63, 3.8) is 0 Å². The molecule has 0 aliphatic heterocycles.